The van der Waals surface area contributed by atoms with E-state index in [-0.39, 0.29) is 22.8 Å². The summed E-state index contributed by atoms with van der Waals surface area (Å²) < 4.78 is 2.11. The van der Waals surface area contributed by atoms with Crippen molar-refractivity contribution in [2.24, 2.45) is 7.05 Å². The van der Waals surface area contributed by atoms with Crippen LogP contribution in [-0.2, 0) is 17.6 Å². The molecule has 3 aromatic heterocycles. The third-order valence-electron chi connectivity index (χ3n) is 6.02. The number of hydrogen-bond acceptors (Lipinski definition) is 5. The van der Waals surface area contributed by atoms with Crippen molar-refractivity contribution in [2.75, 3.05) is 6.54 Å². The number of thioether (sulfide) groups is 1. The smallest absolute Gasteiger partial charge is 0.259 e. The average Bonchev–Trinajstić information content (AvgIpc) is 3.28. The van der Waals surface area contributed by atoms with E-state index in [9.17, 15) is 9.59 Å². The predicted molar refractivity (Wildman–Crippen MR) is 124 cm³/mol. The Labute approximate surface area is 184 Å². The molecule has 4 rings (SSSR count). The first-order valence-electron chi connectivity index (χ1n) is 10.4. The van der Waals surface area contributed by atoms with Gasteiger partial charge < -0.3 is 14.5 Å². The molecule has 0 saturated carbocycles. The van der Waals surface area contributed by atoms with Gasteiger partial charge in [0.15, 0.2) is 0 Å². The van der Waals surface area contributed by atoms with Crippen molar-refractivity contribution in [2.45, 2.75) is 57.1 Å². The molecule has 1 aliphatic rings. The van der Waals surface area contributed by atoms with Gasteiger partial charge in [0.25, 0.3) is 5.56 Å². The third-order valence-corrected chi connectivity index (χ3v) is 8.26. The first kappa shape index (κ1) is 21.2. The topological polar surface area (TPSA) is 71.0 Å². The first-order valence-corrected chi connectivity index (χ1v) is 12.3. The van der Waals surface area contributed by atoms with Crippen LogP contribution in [0.5, 0.6) is 0 Å². The quantitative estimate of drug-likeness (QED) is 0.636. The van der Waals surface area contributed by atoms with Gasteiger partial charge >= 0.3 is 0 Å². The minimum atomic E-state index is -0.196. The van der Waals surface area contributed by atoms with Crippen molar-refractivity contribution in [3.63, 3.8) is 0 Å². The SMILES string of the molecule is Cc1sc2nc(CS[C@@H](C)C(=O)N3CCCC[C@H]3c3cccn3C)[nH]c(=O)c2c1C. The van der Waals surface area contributed by atoms with E-state index in [1.54, 1.807) is 11.3 Å². The third kappa shape index (κ3) is 3.95. The zero-order chi connectivity index (χ0) is 21.4. The molecule has 30 heavy (non-hydrogen) atoms. The van der Waals surface area contributed by atoms with E-state index < -0.39 is 0 Å². The highest BCUT2D eigenvalue weighted by Gasteiger charge is 2.32. The van der Waals surface area contributed by atoms with Gasteiger partial charge in [-0.05, 0) is 57.7 Å². The molecule has 4 heterocycles. The number of likely N-dealkylation sites (tertiary alicyclic amines) is 1. The number of amides is 1. The van der Waals surface area contributed by atoms with E-state index in [1.807, 2.05) is 45.0 Å². The molecule has 160 valence electrons. The number of aromatic amines is 1. The molecular formula is C22H28N4O2S2. The summed E-state index contributed by atoms with van der Waals surface area (Å²) in [7, 11) is 2.04. The number of carbonyl (C=O) groups is 1. The predicted octanol–water partition coefficient (Wildman–Crippen LogP) is 4.32. The highest BCUT2D eigenvalue weighted by Crippen LogP contribution is 2.33. The summed E-state index contributed by atoms with van der Waals surface area (Å²) in [6, 6.07) is 4.29. The van der Waals surface area contributed by atoms with Gasteiger partial charge in [-0.1, -0.05) is 0 Å². The summed E-state index contributed by atoms with van der Waals surface area (Å²) in [6.07, 6.45) is 5.24. The Morgan fingerprint density at radius 2 is 2.20 bits per heavy atom. The molecule has 0 unspecified atom stereocenters. The van der Waals surface area contributed by atoms with Crippen LogP contribution in [0.4, 0.5) is 0 Å². The monoisotopic (exact) mass is 444 g/mol. The summed E-state index contributed by atoms with van der Waals surface area (Å²) in [4.78, 5) is 37.3. The zero-order valence-electron chi connectivity index (χ0n) is 17.9. The number of H-pyrrole nitrogens is 1. The number of aryl methyl sites for hydroxylation is 3. The Hall–Kier alpha value is -2.06. The number of hydrogen-bond donors (Lipinski definition) is 1. The van der Waals surface area contributed by atoms with Crippen molar-refractivity contribution in [1.82, 2.24) is 19.4 Å². The molecular weight excluding hydrogens is 416 g/mol. The van der Waals surface area contributed by atoms with Crippen LogP contribution in [-0.4, -0.2) is 37.1 Å². The van der Waals surface area contributed by atoms with Gasteiger partial charge in [-0.15, -0.1) is 23.1 Å². The summed E-state index contributed by atoms with van der Waals surface area (Å²) in [5.41, 5.74) is 2.11. The number of piperidine rings is 1. The molecule has 0 spiro atoms. The molecule has 1 amide bonds. The maximum atomic E-state index is 13.3. The van der Waals surface area contributed by atoms with Gasteiger partial charge in [0.05, 0.1) is 22.4 Å². The van der Waals surface area contributed by atoms with Crippen LogP contribution < -0.4 is 5.56 Å². The van der Waals surface area contributed by atoms with Gasteiger partial charge in [0.1, 0.15) is 10.7 Å². The van der Waals surface area contributed by atoms with E-state index in [0.717, 1.165) is 41.1 Å². The van der Waals surface area contributed by atoms with Crippen LogP contribution in [0, 0.1) is 13.8 Å². The summed E-state index contributed by atoms with van der Waals surface area (Å²) in [5.74, 6) is 1.31. The number of aromatic nitrogens is 3. The largest absolute Gasteiger partial charge is 0.353 e. The molecule has 0 radical (unpaired) electrons. The number of carbonyl (C=O) groups excluding carboxylic acids is 1. The van der Waals surface area contributed by atoms with Gasteiger partial charge in [-0.2, -0.15) is 0 Å². The highest BCUT2D eigenvalue weighted by molar-refractivity contribution is 7.99. The number of nitrogens with zero attached hydrogens (tertiary/aromatic N) is 3. The van der Waals surface area contributed by atoms with Crippen LogP contribution in [0.25, 0.3) is 10.2 Å². The molecule has 1 aliphatic heterocycles. The fourth-order valence-corrected chi connectivity index (χ4v) is 6.07. The lowest BCUT2D eigenvalue weighted by Crippen LogP contribution is -2.42. The molecule has 1 saturated heterocycles. The van der Waals surface area contributed by atoms with Gasteiger partial charge in [-0.3, -0.25) is 9.59 Å². The zero-order valence-corrected chi connectivity index (χ0v) is 19.5. The fraction of sp³-hybridized carbons (Fsp3) is 0.500. The molecule has 8 heteroatoms. The minimum Gasteiger partial charge on any atom is -0.353 e. The van der Waals surface area contributed by atoms with Crippen molar-refractivity contribution in [1.29, 1.82) is 0 Å². The van der Waals surface area contributed by atoms with E-state index in [4.69, 9.17) is 0 Å². The van der Waals surface area contributed by atoms with Crippen molar-refractivity contribution in [3.8, 4) is 0 Å². The molecule has 3 aromatic rings. The Morgan fingerprint density at radius 3 is 2.93 bits per heavy atom. The first-order chi connectivity index (χ1) is 14.4. The van der Waals surface area contributed by atoms with Crippen LogP contribution in [0.15, 0.2) is 23.1 Å². The summed E-state index contributed by atoms with van der Waals surface area (Å²) in [6.45, 7) is 6.73. The second-order valence-corrected chi connectivity index (χ2v) is 10.5. The van der Waals surface area contributed by atoms with E-state index >= 15 is 0 Å². The molecule has 0 bridgehead atoms. The number of thiophene rings is 1. The standard InChI is InChI=1S/C22H28N4O2S2/c1-13-14(2)30-21-19(13)20(27)23-18(24-21)12-29-15(3)22(28)26-11-6-5-8-17(26)16-9-7-10-25(16)4/h7,9-10,15,17H,5-6,8,11-12H2,1-4H3,(H,23,24,27)/t15-,17-/m0/s1. The molecule has 0 aromatic carbocycles. The van der Waals surface area contributed by atoms with Crippen molar-refractivity contribution < 1.29 is 4.79 Å². The Kier molecular flexibility index (Phi) is 6.06. The Bertz CT molecular complexity index is 1130. The molecule has 1 fully saturated rings. The Balaban J connectivity index is 1.47. The second-order valence-electron chi connectivity index (χ2n) is 8.02. The van der Waals surface area contributed by atoms with E-state index in [2.05, 4.69) is 20.6 Å². The van der Waals surface area contributed by atoms with Crippen LogP contribution in [0.3, 0.4) is 0 Å². The molecule has 0 aliphatic carbocycles. The number of rotatable bonds is 5. The van der Waals surface area contributed by atoms with Crippen LogP contribution in [0.2, 0.25) is 0 Å². The second kappa shape index (κ2) is 8.59. The lowest BCUT2D eigenvalue weighted by Gasteiger charge is -2.37. The lowest BCUT2D eigenvalue weighted by atomic mass is 9.99. The normalized spacial score (nSPS) is 18.1. The van der Waals surface area contributed by atoms with Crippen molar-refractivity contribution in [3.05, 3.63) is 50.6 Å². The van der Waals surface area contributed by atoms with Crippen molar-refractivity contribution >= 4 is 39.2 Å². The fourth-order valence-electron chi connectivity index (χ4n) is 4.20. The Morgan fingerprint density at radius 1 is 1.40 bits per heavy atom. The van der Waals surface area contributed by atoms with Gasteiger partial charge in [0.2, 0.25) is 5.91 Å². The molecule has 1 N–H and O–H groups in total. The van der Waals surface area contributed by atoms with Gasteiger partial charge in [-0.25, -0.2) is 4.98 Å². The number of fused-ring (bicyclic) bond motifs is 1. The van der Waals surface area contributed by atoms with E-state index in [0.29, 0.717) is 17.0 Å². The minimum absolute atomic E-state index is 0.0868. The maximum absolute atomic E-state index is 13.3. The summed E-state index contributed by atoms with van der Waals surface area (Å²) >= 11 is 3.09. The molecule has 6 nitrogen and oxygen atoms in total. The highest BCUT2D eigenvalue weighted by atomic mass is 32.2. The summed E-state index contributed by atoms with van der Waals surface area (Å²) in [5, 5.41) is 0.493. The number of nitrogens with one attached hydrogen (secondary N) is 1. The molecule has 2 atom stereocenters. The lowest BCUT2D eigenvalue weighted by molar-refractivity contribution is -0.134. The maximum Gasteiger partial charge on any atom is 0.259 e. The van der Waals surface area contributed by atoms with Crippen LogP contribution in [0.1, 0.15) is 54.2 Å². The van der Waals surface area contributed by atoms with Gasteiger partial charge in [0, 0.05) is 30.4 Å². The van der Waals surface area contributed by atoms with Crippen LogP contribution >= 0.6 is 23.1 Å². The van der Waals surface area contributed by atoms with E-state index in [1.165, 1.54) is 17.5 Å². The average molecular weight is 445 g/mol.